The largest absolute Gasteiger partial charge is 0.360 e. The highest BCUT2D eigenvalue weighted by Gasteiger charge is 2.37. The van der Waals surface area contributed by atoms with Crippen molar-refractivity contribution in [2.75, 3.05) is 11.9 Å². The van der Waals surface area contributed by atoms with Crippen LogP contribution in [0.5, 0.6) is 0 Å². The molecule has 0 spiro atoms. The summed E-state index contributed by atoms with van der Waals surface area (Å²) in [5.74, 6) is 1.87. The summed E-state index contributed by atoms with van der Waals surface area (Å²) in [6.45, 7) is 3.12. The smallest absolute Gasteiger partial charge is 0.148 e. The van der Waals surface area contributed by atoms with Gasteiger partial charge in [0.05, 0.1) is 28.1 Å². The second-order valence-corrected chi connectivity index (χ2v) is 10.4. The summed E-state index contributed by atoms with van der Waals surface area (Å²) in [7, 11) is 0. The number of likely N-dealkylation sites (N-methyl/N-ethyl adjacent to an activating group) is 1. The van der Waals surface area contributed by atoms with Crippen molar-refractivity contribution in [1.29, 1.82) is 0 Å². The van der Waals surface area contributed by atoms with Crippen LogP contribution in [0.1, 0.15) is 73.0 Å². The second-order valence-electron chi connectivity index (χ2n) is 9.55. The number of nitrogens with one attached hydrogen (secondary N) is 2. The van der Waals surface area contributed by atoms with Crippen LogP contribution >= 0.6 is 23.2 Å². The van der Waals surface area contributed by atoms with Gasteiger partial charge in [0.25, 0.3) is 0 Å². The Kier molecular flexibility index (Phi) is 5.56. The molecule has 2 unspecified atom stereocenters. The molecule has 0 amide bonds. The van der Waals surface area contributed by atoms with E-state index in [4.69, 9.17) is 33.2 Å². The first-order valence-electron chi connectivity index (χ1n) is 12.1. The maximum Gasteiger partial charge on any atom is 0.148 e. The average Bonchev–Trinajstić information content (AvgIpc) is 3.72. The number of anilines is 1. The summed E-state index contributed by atoms with van der Waals surface area (Å²) < 4.78 is 0. The van der Waals surface area contributed by atoms with Gasteiger partial charge < -0.3 is 10.6 Å². The van der Waals surface area contributed by atoms with E-state index in [9.17, 15) is 0 Å². The fourth-order valence-corrected chi connectivity index (χ4v) is 5.60. The molecule has 0 aliphatic heterocycles. The zero-order valence-corrected chi connectivity index (χ0v) is 20.3. The van der Waals surface area contributed by atoms with Gasteiger partial charge in [-0.05, 0) is 68.0 Å². The van der Waals surface area contributed by atoms with Gasteiger partial charge in [0.15, 0.2) is 0 Å². The Morgan fingerprint density at radius 3 is 2.42 bits per heavy atom. The Morgan fingerprint density at radius 1 is 0.939 bits per heavy atom. The quantitative estimate of drug-likeness (QED) is 0.387. The molecular weight excluding hydrogens is 451 g/mol. The van der Waals surface area contributed by atoms with Crippen LogP contribution in [0.2, 0.25) is 10.0 Å². The van der Waals surface area contributed by atoms with Crippen LogP contribution in [0.25, 0.3) is 11.3 Å². The first kappa shape index (κ1) is 21.4. The third kappa shape index (κ3) is 4.14. The van der Waals surface area contributed by atoms with E-state index in [1.165, 1.54) is 11.1 Å². The van der Waals surface area contributed by atoms with Crippen molar-refractivity contribution in [3.8, 4) is 11.3 Å². The van der Waals surface area contributed by atoms with E-state index in [-0.39, 0.29) is 6.04 Å². The molecule has 6 rings (SSSR count). The summed E-state index contributed by atoms with van der Waals surface area (Å²) >= 11 is 12.8. The van der Waals surface area contributed by atoms with Crippen LogP contribution in [0.3, 0.4) is 0 Å². The molecule has 3 aliphatic carbocycles. The van der Waals surface area contributed by atoms with E-state index < -0.39 is 0 Å². The molecule has 0 saturated heterocycles. The summed E-state index contributed by atoms with van der Waals surface area (Å²) in [5.41, 5.74) is 6.79. The minimum atomic E-state index is 0.185. The summed E-state index contributed by atoms with van der Waals surface area (Å²) in [5, 5.41) is 8.82. The molecule has 3 aromatic rings. The van der Waals surface area contributed by atoms with Crippen molar-refractivity contribution in [2.45, 2.75) is 62.9 Å². The number of hydrogen-bond acceptors (Lipinski definition) is 4. The topological polar surface area (TPSA) is 49.8 Å². The number of rotatable bonds is 7. The Balaban J connectivity index is 1.44. The molecule has 2 atom stereocenters. The van der Waals surface area contributed by atoms with Gasteiger partial charge in [0.1, 0.15) is 5.82 Å². The predicted molar refractivity (Wildman–Crippen MR) is 135 cm³/mol. The number of halogens is 2. The molecule has 2 fully saturated rings. The van der Waals surface area contributed by atoms with E-state index in [0.29, 0.717) is 27.9 Å². The highest BCUT2D eigenvalue weighted by atomic mass is 35.5. The van der Waals surface area contributed by atoms with Crippen LogP contribution in [0.4, 0.5) is 5.82 Å². The van der Waals surface area contributed by atoms with Crippen molar-refractivity contribution in [1.82, 2.24) is 15.3 Å². The lowest BCUT2D eigenvalue weighted by Gasteiger charge is -2.25. The number of benzene rings is 2. The molecular formula is C27H28Cl2N4. The molecule has 3 aliphatic rings. The minimum absolute atomic E-state index is 0.185. The molecule has 2 aromatic carbocycles. The third-order valence-electron chi connectivity index (χ3n) is 7.05. The molecule has 170 valence electrons. The van der Waals surface area contributed by atoms with Gasteiger partial charge in [-0.1, -0.05) is 54.4 Å². The van der Waals surface area contributed by atoms with E-state index in [2.05, 4.69) is 41.8 Å². The Hall–Kier alpha value is -2.14. The predicted octanol–water partition coefficient (Wildman–Crippen LogP) is 6.89. The van der Waals surface area contributed by atoms with Gasteiger partial charge in [-0.3, -0.25) is 0 Å². The van der Waals surface area contributed by atoms with Crippen LogP contribution in [-0.4, -0.2) is 22.6 Å². The number of aromatic nitrogens is 2. The molecule has 6 heteroatoms. The number of fused-ring (bicyclic) bond motifs is 1. The molecule has 4 nitrogen and oxygen atoms in total. The maximum absolute atomic E-state index is 6.62. The number of nitrogens with zero attached hydrogens (tertiary/aromatic N) is 2. The summed E-state index contributed by atoms with van der Waals surface area (Å²) in [6, 6.07) is 15.0. The van der Waals surface area contributed by atoms with Crippen molar-refractivity contribution in [3.05, 3.63) is 75.0 Å². The maximum atomic E-state index is 6.62. The summed E-state index contributed by atoms with van der Waals surface area (Å²) in [4.78, 5) is 10.5. The minimum Gasteiger partial charge on any atom is -0.360 e. The Morgan fingerprint density at radius 2 is 1.70 bits per heavy atom. The monoisotopic (exact) mass is 478 g/mol. The lowest BCUT2D eigenvalue weighted by Crippen LogP contribution is -2.36. The fraction of sp³-hybridized carbons (Fsp3) is 0.407. The SMILES string of the molecule is CCNC1Cc2ccccc2C1Nc1nc(C2CC2)c(-c2ccc(Cl)cc2Cl)nc1C1CC1. The molecule has 2 saturated carbocycles. The van der Waals surface area contributed by atoms with Gasteiger partial charge >= 0.3 is 0 Å². The Labute approximate surface area is 205 Å². The van der Waals surface area contributed by atoms with E-state index >= 15 is 0 Å². The zero-order valence-electron chi connectivity index (χ0n) is 18.7. The summed E-state index contributed by atoms with van der Waals surface area (Å²) in [6.07, 6.45) is 5.67. The highest BCUT2D eigenvalue weighted by Crippen LogP contribution is 2.49. The molecule has 33 heavy (non-hydrogen) atoms. The zero-order chi connectivity index (χ0) is 22.5. The van der Waals surface area contributed by atoms with Crippen LogP contribution < -0.4 is 10.6 Å². The molecule has 0 bridgehead atoms. The molecule has 1 heterocycles. The van der Waals surface area contributed by atoms with Crippen molar-refractivity contribution in [3.63, 3.8) is 0 Å². The van der Waals surface area contributed by atoms with E-state index in [1.807, 2.05) is 12.1 Å². The lowest BCUT2D eigenvalue weighted by molar-refractivity contribution is 0.496. The normalized spacial score (nSPS) is 21.8. The first-order valence-corrected chi connectivity index (χ1v) is 12.8. The van der Waals surface area contributed by atoms with Crippen molar-refractivity contribution >= 4 is 29.0 Å². The average molecular weight is 479 g/mol. The second kappa shape index (κ2) is 8.57. The van der Waals surface area contributed by atoms with Crippen molar-refractivity contribution in [2.24, 2.45) is 0 Å². The molecule has 1 aromatic heterocycles. The highest BCUT2D eigenvalue weighted by molar-refractivity contribution is 6.36. The van der Waals surface area contributed by atoms with Gasteiger partial charge in [0.2, 0.25) is 0 Å². The van der Waals surface area contributed by atoms with E-state index in [1.54, 1.807) is 6.07 Å². The van der Waals surface area contributed by atoms with Gasteiger partial charge in [-0.2, -0.15) is 0 Å². The first-order chi connectivity index (χ1) is 16.1. The van der Waals surface area contributed by atoms with Crippen molar-refractivity contribution < 1.29 is 0 Å². The standard InChI is InChI=1S/C27H28Cl2N4/c1-2-30-22-13-17-5-3-4-6-19(17)25(22)33-27-24(16-9-10-16)31-26(23(32-27)15-7-8-15)20-12-11-18(28)14-21(20)29/h3-6,11-12,14-16,22,25,30H,2,7-10,13H2,1H3,(H,32,33). The van der Waals surface area contributed by atoms with Crippen LogP contribution in [0.15, 0.2) is 42.5 Å². The van der Waals surface area contributed by atoms with Crippen LogP contribution in [-0.2, 0) is 6.42 Å². The Bertz CT molecular complexity index is 1200. The van der Waals surface area contributed by atoms with Crippen LogP contribution in [0, 0.1) is 0 Å². The van der Waals surface area contributed by atoms with Gasteiger partial charge in [0, 0.05) is 28.5 Å². The molecule has 2 N–H and O–H groups in total. The molecule has 0 radical (unpaired) electrons. The third-order valence-corrected chi connectivity index (χ3v) is 7.60. The van der Waals surface area contributed by atoms with E-state index in [0.717, 1.165) is 67.1 Å². The van der Waals surface area contributed by atoms with Gasteiger partial charge in [-0.25, -0.2) is 9.97 Å². The van der Waals surface area contributed by atoms with Gasteiger partial charge in [-0.15, -0.1) is 0 Å². The fourth-order valence-electron chi connectivity index (χ4n) is 5.10. The number of hydrogen-bond donors (Lipinski definition) is 2. The lowest BCUT2D eigenvalue weighted by atomic mass is 10.0.